The van der Waals surface area contributed by atoms with E-state index in [-0.39, 0.29) is 18.0 Å². The summed E-state index contributed by atoms with van der Waals surface area (Å²) >= 11 is 0. The second kappa shape index (κ2) is 9.09. The highest BCUT2D eigenvalue weighted by Crippen LogP contribution is 2.27. The molecule has 27 heavy (non-hydrogen) atoms. The third-order valence-electron chi connectivity index (χ3n) is 3.46. The molecule has 0 heterocycles. The van der Waals surface area contributed by atoms with Gasteiger partial charge in [-0.25, -0.2) is 5.43 Å². The molecule has 0 radical (unpaired) electrons. The van der Waals surface area contributed by atoms with Crippen molar-refractivity contribution in [3.8, 4) is 23.0 Å². The summed E-state index contributed by atoms with van der Waals surface area (Å²) in [6.45, 7) is -0.286. The van der Waals surface area contributed by atoms with Crippen LogP contribution in [0.1, 0.15) is 15.9 Å². The van der Waals surface area contributed by atoms with Crippen molar-refractivity contribution in [3.05, 3.63) is 47.5 Å². The molecule has 9 heteroatoms. The van der Waals surface area contributed by atoms with Gasteiger partial charge in [-0.3, -0.25) is 9.59 Å². The predicted octanol–water partition coefficient (Wildman–Crippen LogP) is 0.995. The summed E-state index contributed by atoms with van der Waals surface area (Å²) in [5, 5.41) is 24.8. The zero-order valence-corrected chi connectivity index (χ0v) is 14.7. The molecule has 0 aliphatic heterocycles. The predicted molar refractivity (Wildman–Crippen MR) is 97.4 cm³/mol. The molecule has 9 nitrogen and oxygen atoms in total. The highest BCUT2D eigenvalue weighted by Gasteiger charge is 2.11. The van der Waals surface area contributed by atoms with Crippen LogP contribution in [0.15, 0.2) is 41.5 Å². The molecule has 0 aromatic heterocycles. The van der Waals surface area contributed by atoms with Crippen molar-refractivity contribution in [3.63, 3.8) is 0 Å². The van der Waals surface area contributed by atoms with E-state index in [0.717, 1.165) is 0 Å². The van der Waals surface area contributed by atoms with Gasteiger partial charge in [-0.15, -0.1) is 0 Å². The minimum absolute atomic E-state index is 0.255. The first-order chi connectivity index (χ1) is 12.9. The second-order valence-corrected chi connectivity index (χ2v) is 5.29. The minimum Gasteiger partial charge on any atom is -0.504 e. The molecule has 142 valence electrons. The number of phenols is 2. The van der Waals surface area contributed by atoms with Crippen LogP contribution < -0.4 is 20.2 Å². The Bertz CT molecular complexity index is 866. The zero-order valence-electron chi connectivity index (χ0n) is 14.7. The van der Waals surface area contributed by atoms with E-state index in [4.69, 9.17) is 9.47 Å². The van der Waals surface area contributed by atoms with Crippen molar-refractivity contribution >= 4 is 18.0 Å². The molecule has 0 saturated heterocycles. The highest BCUT2D eigenvalue weighted by atomic mass is 16.5. The minimum atomic E-state index is -0.539. The van der Waals surface area contributed by atoms with Crippen molar-refractivity contribution in [1.82, 2.24) is 10.7 Å². The van der Waals surface area contributed by atoms with Gasteiger partial charge in [-0.2, -0.15) is 5.10 Å². The Morgan fingerprint density at radius 1 is 1.04 bits per heavy atom. The normalized spacial score (nSPS) is 10.4. The molecule has 4 N–H and O–H groups in total. The number of carbonyl (C=O) groups is 2. The van der Waals surface area contributed by atoms with Crippen molar-refractivity contribution in [2.75, 3.05) is 20.8 Å². The first-order valence-corrected chi connectivity index (χ1v) is 7.78. The fourth-order valence-electron chi connectivity index (χ4n) is 2.08. The fraction of sp³-hybridized carbons (Fsp3) is 0.167. The lowest BCUT2D eigenvalue weighted by Crippen LogP contribution is -2.34. The number of amides is 2. The molecule has 0 aliphatic carbocycles. The Morgan fingerprint density at radius 3 is 2.44 bits per heavy atom. The van der Waals surface area contributed by atoms with E-state index in [1.807, 2.05) is 0 Å². The van der Waals surface area contributed by atoms with Gasteiger partial charge in [0.2, 0.25) is 0 Å². The Hall–Kier alpha value is -3.75. The molecule has 0 spiro atoms. The summed E-state index contributed by atoms with van der Waals surface area (Å²) in [6, 6.07) is 8.71. The van der Waals surface area contributed by atoms with Gasteiger partial charge < -0.3 is 25.0 Å². The molecule has 2 aromatic rings. The number of ether oxygens (including phenoxy) is 2. The molecule has 0 fully saturated rings. The molecule has 2 rings (SSSR count). The van der Waals surface area contributed by atoms with Crippen molar-refractivity contribution in [2.24, 2.45) is 5.10 Å². The molecule has 0 atom stereocenters. The SMILES string of the molecule is COc1ccc(C(=O)NCC(=O)N/N=C/c2ccc(O)c(O)c2)cc1OC. The summed E-state index contributed by atoms with van der Waals surface area (Å²) in [7, 11) is 2.95. The Morgan fingerprint density at radius 2 is 1.78 bits per heavy atom. The summed E-state index contributed by atoms with van der Waals surface area (Å²) in [5.41, 5.74) is 3.02. The molecule has 2 amide bonds. The van der Waals surface area contributed by atoms with Crippen LogP contribution >= 0.6 is 0 Å². The number of hydrogen-bond donors (Lipinski definition) is 4. The molecular formula is C18H19N3O6. The zero-order chi connectivity index (χ0) is 19.8. The average molecular weight is 373 g/mol. The van der Waals surface area contributed by atoms with Crippen LogP contribution in [-0.4, -0.2) is 49.0 Å². The second-order valence-electron chi connectivity index (χ2n) is 5.29. The lowest BCUT2D eigenvalue weighted by Gasteiger charge is -2.09. The molecule has 2 aromatic carbocycles. The third kappa shape index (κ3) is 5.36. The molecular weight excluding hydrogens is 354 g/mol. The van der Waals surface area contributed by atoms with Gasteiger partial charge >= 0.3 is 0 Å². The number of phenolic OH excluding ortho intramolecular Hbond substituents is 2. The van der Waals surface area contributed by atoms with E-state index in [2.05, 4.69) is 15.8 Å². The van der Waals surface area contributed by atoms with Crippen LogP contribution in [0.4, 0.5) is 0 Å². The highest BCUT2D eigenvalue weighted by molar-refractivity contribution is 5.97. The summed E-state index contributed by atoms with van der Waals surface area (Å²) < 4.78 is 10.2. The molecule has 0 saturated carbocycles. The van der Waals surface area contributed by atoms with Gasteiger partial charge in [0.25, 0.3) is 11.8 Å². The summed E-state index contributed by atoms with van der Waals surface area (Å²) in [4.78, 5) is 23.8. The number of nitrogens with zero attached hydrogens (tertiary/aromatic N) is 1. The van der Waals surface area contributed by atoms with Crippen molar-refractivity contribution in [1.29, 1.82) is 0 Å². The van der Waals surface area contributed by atoms with Crippen LogP contribution in [0.25, 0.3) is 0 Å². The van der Waals surface area contributed by atoms with Crippen LogP contribution in [0.3, 0.4) is 0 Å². The van der Waals surface area contributed by atoms with Crippen molar-refractivity contribution < 1.29 is 29.3 Å². The van der Waals surface area contributed by atoms with Crippen LogP contribution in [-0.2, 0) is 4.79 Å². The van der Waals surface area contributed by atoms with E-state index in [9.17, 15) is 19.8 Å². The molecule has 0 bridgehead atoms. The van der Waals surface area contributed by atoms with Gasteiger partial charge in [-0.05, 0) is 42.0 Å². The Kier molecular flexibility index (Phi) is 6.59. The van der Waals surface area contributed by atoms with E-state index in [1.165, 1.54) is 44.7 Å². The molecule has 0 aliphatic rings. The quantitative estimate of drug-likeness (QED) is 0.325. The largest absolute Gasteiger partial charge is 0.504 e. The number of carbonyl (C=O) groups excluding carboxylic acids is 2. The number of hydrazone groups is 1. The fourth-order valence-corrected chi connectivity index (χ4v) is 2.08. The monoisotopic (exact) mass is 373 g/mol. The van der Waals surface area contributed by atoms with E-state index in [1.54, 1.807) is 12.1 Å². The first kappa shape index (κ1) is 19.6. The maximum absolute atomic E-state index is 12.1. The van der Waals surface area contributed by atoms with E-state index in [0.29, 0.717) is 22.6 Å². The topological polar surface area (TPSA) is 129 Å². The van der Waals surface area contributed by atoms with E-state index < -0.39 is 11.8 Å². The number of aromatic hydroxyl groups is 2. The van der Waals surface area contributed by atoms with Crippen LogP contribution in [0.5, 0.6) is 23.0 Å². The molecule has 0 unspecified atom stereocenters. The summed E-state index contributed by atoms with van der Waals surface area (Å²) in [5.74, 6) is -0.666. The standard InChI is InChI=1S/C18H19N3O6/c1-26-15-6-4-12(8-16(15)27-2)18(25)19-10-17(24)21-20-9-11-3-5-13(22)14(23)7-11/h3-9,22-23H,10H2,1-2H3,(H,19,25)(H,21,24)/b20-9+. The number of hydrogen-bond acceptors (Lipinski definition) is 7. The lowest BCUT2D eigenvalue weighted by atomic mass is 10.2. The maximum atomic E-state index is 12.1. The van der Waals surface area contributed by atoms with Gasteiger partial charge in [0.1, 0.15) is 0 Å². The summed E-state index contributed by atoms with van der Waals surface area (Å²) in [6.07, 6.45) is 1.28. The number of benzene rings is 2. The maximum Gasteiger partial charge on any atom is 0.259 e. The number of methoxy groups -OCH3 is 2. The first-order valence-electron chi connectivity index (χ1n) is 7.78. The van der Waals surface area contributed by atoms with Gasteiger partial charge in [-0.1, -0.05) is 0 Å². The van der Waals surface area contributed by atoms with Gasteiger partial charge in [0, 0.05) is 5.56 Å². The van der Waals surface area contributed by atoms with Crippen molar-refractivity contribution in [2.45, 2.75) is 0 Å². The lowest BCUT2D eigenvalue weighted by molar-refractivity contribution is -0.120. The smallest absolute Gasteiger partial charge is 0.259 e. The Balaban J connectivity index is 1.86. The van der Waals surface area contributed by atoms with Crippen LogP contribution in [0.2, 0.25) is 0 Å². The number of rotatable bonds is 7. The van der Waals surface area contributed by atoms with E-state index >= 15 is 0 Å². The Labute approximate surface area is 155 Å². The third-order valence-corrected chi connectivity index (χ3v) is 3.46. The van der Waals surface area contributed by atoms with Crippen LogP contribution in [0, 0.1) is 0 Å². The van der Waals surface area contributed by atoms with Gasteiger partial charge in [0.05, 0.1) is 27.0 Å². The number of nitrogens with one attached hydrogen (secondary N) is 2. The van der Waals surface area contributed by atoms with Gasteiger partial charge in [0.15, 0.2) is 23.0 Å². The average Bonchev–Trinajstić information content (AvgIpc) is 2.68.